The Bertz CT molecular complexity index is 964. The molecule has 32 heavy (non-hydrogen) atoms. The monoisotopic (exact) mass is 434 g/mol. The van der Waals surface area contributed by atoms with Crippen LogP contribution in [0.15, 0.2) is 78.9 Å². The van der Waals surface area contributed by atoms with Crippen molar-refractivity contribution in [1.29, 1.82) is 0 Å². The minimum atomic E-state index is -0.370. The number of benzene rings is 3. The van der Waals surface area contributed by atoms with Crippen molar-refractivity contribution in [1.82, 2.24) is 4.90 Å². The molecular formula is C26H30N2O4. The fourth-order valence-electron chi connectivity index (χ4n) is 3.21. The molecule has 0 bridgehead atoms. The second kappa shape index (κ2) is 12.4. The predicted octanol–water partition coefficient (Wildman–Crippen LogP) is 4.76. The summed E-state index contributed by atoms with van der Waals surface area (Å²) in [4.78, 5) is 14.4. The van der Waals surface area contributed by atoms with Crippen LogP contribution in [0.3, 0.4) is 0 Å². The smallest absolute Gasteiger partial charge is 0.410 e. The minimum Gasteiger partial charge on any atom is -0.493 e. The standard InChI is InChI=1S/C26H30N2O4/c1-30-25-17-23(13-14-24(25)31-19-21-9-4-2-5-10-21)18-28(16-8-15-27)26(29)32-20-22-11-6-3-7-12-22/h2-7,9-14,17H,8,15-16,18-20,27H2,1H3. The Labute approximate surface area is 189 Å². The number of hydrogen-bond acceptors (Lipinski definition) is 5. The van der Waals surface area contributed by atoms with Gasteiger partial charge in [-0.15, -0.1) is 0 Å². The first-order chi connectivity index (χ1) is 15.7. The molecule has 3 aromatic carbocycles. The third-order valence-corrected chi connectivity index (χ3v) is 4.93. The Hall–Kier alpha value is -3.51. The number of nitrogens with zero attached hydrogens (tertiary/aromatic N) is 1. The third kappa shape index (κ3) is 7.03. The number of carbonyl (C=O) groups is 1. The molecular weight excluding hydrogens is 404 g/mol. The average Bonchev–Trinajstić information content (AvgIpc) is 2.85. The highest BCUT2D eigenvalue weighted by molar-refractivity contribution is 5.67. The number of hydrogen-bond donors (Lipinski definition) is 1. The van der Waals surface area contributed by atoms with Gasteiger partial charge in [-0.3, -0.25) is 0 Å². The molecule has 6 heteroatoms. The topological polar surface area (TPSA) is 74.0 Å². The lowest BCUT2D eigenvalue weighted by atomic mass is 10.2. The van der Waals surface area contributed by atoms with Crippen molar-refractivity contribution in [2.24, 2.45) is 5.73 Å². The maximum atomic E-state index is 12.7. The van der Waals surface area contributed by atoms with Gasteiger partial charge in [0, 0.05) is 13.1 Å². The van der Waals surface area contributed by atoms with Crippen LogP contribution in [-0.4, -0.2) is 31.2 Å². The molecule has 0 unspecified atom stereocenters. The van der Waals surface area contributed by atoms with E-state index in [1.165, 1.54) is 0 Å². The minimum absolute atomic E-state index is 0.231. The van der Waals surface area contributed by atoms with Crippen LogP contribution in [0.25, 0.3) is 0 Å². The zero-order chi connectivity index (χ0) is 22.6. The Morgan fingerprint density at radius 3 is 2.12 bits per heavy atom. The normalized spacial score (nSPS) is 10.4. The number of nitrogens with two attached hydrogens (primary N) is 1. The van der Waals surface area contributed by atoms with Crippen molar-refractivity contribution in [2.75, 3.05) is 20.2 Å². The SMILES string of the molecule is COc1cc(CN(CCCN)C(=O)OCc2ccccc2)ccc1OCc1ccccc1. The molecule has 0 aliphatic rings. The van der Waals surface area contributed by atoms with Gasteiger partial charge in [0.05, 0.1) is 7.11 Å². The van der Waals surface area contributed by atoms with Crippen molar-refractivity contribution in [3.63, 3.8) is 0 Å². The summed E-state index contributed by atoms with van der Waals surface area (Å²) in [6, 6.07) is 25.3. The Morgan fingerprint density at radius 2 is 1.50 bits per heavy atom. The summed E-state index contributed by atoms with van der Waals surface area (Å²) >= 11 is 0. The van der Waals surface area contributed by atoms with E-state index in [2.05, 4.69) is 0 Å². The molecule has 0 saturated heterocycles. The molecule has 0 saturated carbocycles. The van der Waals surface area contributed by atoms with E-state index in [4.69, 9.17) is 19.9 Å². The van der Waals surface area contributed by atoms with Crippen molar-refractivity contribution < 1.29 is 19.0 Å². The van der Waals surface area contributed by atoms with Gasteiger partial charge in [-0.2, -0.15) is 0 Å². The van der Waals surface area contributed by atoms with Crippen LogP contribution in [0.2, 0.25) is 0 Å². The van der Waals surface area contributed by atoms with Crippen LogP contribution in [0, 0.1) is 0 Å². The van der Waals surface area contributed by atoms with Crippen molar-refractivity contribution in [2.45, 2.75) is 26.2 Å². The number of carbonyl (C=O) groups excluding carboxylic acids is 1. The van der Waals surface area contributed by atoms with E-state index >= 15 is 0 Å². The summed E-state index contributed by atoms with van der Waals surface area (Å²) in [6.45, 7) is 2.08. The summed E-state index contributed by atoms with van der Waals surface area (Å²) < 4.78 is 17.0. The van der Waals surface area contributed by atoms with Gasteiger partial charge < -0.3 is 24.8 Å². The second-order valence-corrected chi connectivity index (χ2v) is 7.36. The lowest BCUT2D eigenvalue weighted by molar-refractivity contribution is 0.0934. The van der Waals surface area contributed by atoms with Gasteiger partial charge in [-0.25, -0.2) is 4.79 Å². The fraction of sp³-hybridized carbons (Fsp3) is 0.269. The van der Waals surface area contributed by atoms with Gasteiger partial charge in [0.1, 0.15) is 13.2 Å². The number of ether oxygens (including phenoxy) is 3. The van der Waals surface area contributed by atoms with Crippen LogP contribution in [0.5, 0.6) is 11.5 Å². The largest absolute Gasteiger partial charge is 0.493 e. The van der Waals surface area contributed by atoms with Crippen LogP contribution < -0.4 is 15.2 Å². The molecule has 0 radical (unpaired) electrons. The van der Waals surface area contributed by atoms with Gasteiger partial charge in [0.2, 0.25) is 0 Å². The highest BCUT2D eigenvalue weighted by Gasteiger charge is 2.17. The quantitative estimate of drug-likeness (QED) is 0.471. The number of methoxy groups -OCH3 is 1. The summed E-state index contributed by atoms with van der Waals surface area (Å²) in [5.41, 5.74) is 8.61. The van der Waals surface area contributed by atoms with E-state index in [1.54, 1.807) is 12.0 Å². The van der Waals surface area contributed by atoms with Gasteiger partial charge in [0.25, 0.3) is 0 Å². The second-order valence-electron chi connectivity index (χ2n) is 7.36. The fourth-order valence-corrected chi connectivity index (χ4v) is 3.21. The molecule has 0 atom stereocenters. The lowest BCUT2D eigenvalue weighted by Gasteiger charge is -2.23. The highest BCUT2D eigenvalue weighted by atomic mass is 16.6. The molecule has 2 N–H and O–H groups in total. The molecule has 168 valence electrons. The predicted molar refractivity (Wildman–Crippen MR) is 124 cm³/mol. The van der Waals surface area contributed by atoms with E-state index < -0.39 is 0 Å². The zero-order valence-electron chi connectivity index (χ0n) is 18.4. The van der Waals surface area contributed by atoms with Crippen molar-refractivity contribution >= 4 is 6.09 Å². The summed E-state index contributed by atoms with van der Waals surface area (Å²) in [5.74, 6) is 1.27. The first-order valence-electron chi connectivity index (χ1n) is 10.7. The molecule has 0 aliphatic carbocycles. The zero-order valence-corrected chi connectivity index (χ0v) is 18.4. The summed E-state index contributed by atoms with van der Waals surface area (Å²) in [7, 11) is 1.61. The molecule has 3 rings (SSSR count). The van der Waals surface area contributed by atoms with Crippen LogP contribution >= 0.6 is 0 Å². The molecule has 1 amide bonds. The Balaban J connectivity index is 1.64. The van der Waals surface area contributed by atoms with Crippen molar-refractivity contribution in [3.8, 4) is 11.5 Å². The first-order valence-corrected chi connectivity index (χ1v) is 10.7. The van der Waals surface area contributed by atoms with Gasteiger partial charge in [-0.05, 0) is 41.8 Å². The van der Waals surface area contributed by atoms with E-state index in [-0.39, 0.29) is 12.7 Å². The highest BCUT2D eigenvalue weighted by Crippen LogP contribution is 2.29. The molecule has 0 heterocycles. The molecule has 0 fully saturated rings. The molecule has 0 aliphatic heterocycles. The van der Waals surface area contributed by atoms with E-state index in [0.717, 1.165) is 16.7 Å². The van der Waals surface area contributed by atoms with E-state index in [0.29, 0.717) is 44.2 Å². The van der Waals surface area contributed by atoms with Crippen molar-refractivity contribution in [3.05, 3.63) is 95.6 Å². The summed E-state index contributed by atoms with van der Waals surface area (Å²) in [6.07, 6.45) is 0.321. The third-order valence-electron chi connectivity index (χ3n) is 4.93. The van der Waals surface area contributed by atoms with Gasteiger partial charge in [-0.1, -0.05) is 66.7 Å². The van der Waals surface area contributed by atoms with E-state index in [9.17, 15) is 4.79 Å². The maximum Gasteiger partial charge on any atom is 0.410 e. The Kier molecular flexibility index (Phi) is 8.95. The molecule has 0 spiro atoms. The van der Waals surface area contributed by atoms with Crippen LogP contribution in [0.4, 0.5) is 4.79 Å². The molecule has 3 aromatic rings. The summed E-state index contributed by atoms with van der Waals surface area (Å²) in [5, 5.41) is 0. The lowest BCUT2D eigenvalue weighted by Crippen LogP contribution is -2.33. The first kappa shape index (κ1) is 23.2. The van der Waals surface area contributed by atoms with E-state index in [1.807, 2.05) is 78.9 Å². The number of rotatable bonds is 11. The Morgan fingerprint density at radius 1 is 0.844 bits per heavy atom. The van der Waals surface area contributed by atoms with Gasteiger partial charge in [0.15, 0.2) is 11.5 Å². The maximum absolute atomic E-state index is 12.7. The van der Waals surface area contributed by atoms with Crippen LogP contribution in [0.1, 0.15) is 23.1 Å². The number of amides is 1. The van der Waals surface area contributed by atoms with Gasteiger partial charge >= 0.3 is 6.09 Å². The van der Waals surface area contributed by atoms with Crippen LogP contribution in [-0.2, 0) is 24.5 Å². The molecule has 6 nitrogen and oxygen atoms in total. The average molecular weight is 435 g/mol. The molecule has 0 aromatic heterocycles.